The summed E-state index contributed by atoms with van der Waals surface area (Å²) in [6.07, 6.45) is 11.7. The highest BCUT2D eigenvalue weighted by Gasteiger charge is 2.25. The second kappa shape index (κ2) is 10.3. The quantitative estimate of drug-likeness (QED) is 0.758. The zero-order valence-corrected chi connectivity index (χ0v) is 18.1. The molecule has 0 saturated carbocycles. The number of nitrogens with zero attached hydrogens (tertiary/aromatic N) is 4. The van der Waals surface area contributed by atoms with Gasteiger partial charge in [-0.1, -0.05) is 12.2 Å². The highest BCUT2D eigenvalue weighted by molar-refractivity contribution is 5.83. The second-order valence-corrected chi connectivity index (χ2v) is 8.20. The minimum absolute atomic E-state index is 0.0454. The largest absolute Gasteiger partial charge is 0.392 e. The predicted molar refractivity (Wildman–Crippen MR) is 122 cm³/mol. The summed E-state index contributed by atoms with van der Waals surface area (Å²) in [5.41, 5.74) is 4.27. The molecule has 0 atom stereocenters. The molecular weight excluding hydrogens is 404 g/mol. The van der Waals surface area contributed by atoms with Crippen molar-refractivity contribution >= 4 is 23.0 Å². The lowest BCUT2D eigenvalue weighted by molar-refractivity contribution is -0.136. The molecule has 2 amide bonds. The number of hydrogen-bond donors (Lipinski definition) is 1. The van der Waals surface area contributed by atoms with Gasteiger partial charge in [-0.3, -0.25) is 19.6 Å². The fraction of sp³-hybridized carbons (Fsp3) is 0.360. The highest BCUT2D eigenvalue weighted by Crippen LogP contribution is 2.23. The number of amides is 2. The van der Waals surface area contributed by atoms with Crippen LogP contribution in [-0.4, -0.2) is 69.0 Å². The van der Waals surface area contributed by atoms with Crippen LogP contribution in [0.5, 0.6) is 0 Å². The topological polar surface area (TPSA) is 86.6 Å². The Labute approximate surface area is 188 Å². The smallest absolute Gasteiger partial charge is 0.225 e. The maximum atomic E-state index is 12.8. The first-order valence-electron chi connectivity index (χ1n) is 11.0. The van der Waals surface area contributed by atoms with E-state index < -0.39 is 6.10 Å². The summed E-state index contributed by atoms with van der Waals surface area (Å²) in [7, 11) is 0. The van der Waals surface area contributed by atoms with Gasteiger partial charge in [-0.05, 0) is 59.4 Å². The van der Waals surface area contributed by atoms with Crippen LogP contribution in [0.4, 0.5) is 0 Å². The fourth-order valence-corrected chi connectivity index (χ4v) is 4.20. The van der Waals surface area contributed by atoms with E-state index in [9.17, 15) is 14.7 Å². The molecule has 0 aromatic carbocycles. The minimum atomic E-state index is -0.986. The van der Waals surface area contributed by atoms with Crippen molar-refractivity contribution < 1.29 is 14.7 Å². The lowest BCUT2D eigenvalue weighted by atomic mass is 10.0. The molecule has 2 aliphatic rings. The van der Waals surface area contributed by atoms with Crippen LogP contribution in [0.1, 0.15) is 36.8 Å². The Morgan fingerprint density at radius 3 is 1.59 bits per heavy atom. The van der Waals surface area contributed by atoms with Gasteiger partial charge in [0, 0.05) is 51.0 Å². The van der Waals surface area contributed by atoms with Gasteiger partial charge in [0.15, 0.2) is 0 Å². The summed E-state index contributed by atoms with van der Waals surface area (Å²) in [4.78, 5) is 37.1. The van der Waals surface area contributed by atoms with Crippen molar-refractivity contribution in [3.05, 3.63) is 72.3 Å². The van der Waals surface area contributed by atoms with Gasteiger partial charge in [-0.2, -0.15) is 0 Å². The molecule has 0 spiro atoms. The van der Waals surface area contributed by atoms with Crippen LogP contribution in [0, 0.1) is 0 Å². The fourth-order valence-electron chi connectivity index (χ4n) is 4.20. The maximum Gasteiger partial charge on any atom is 0.225 e. The van der Waals surface area contributed by atoms with E-state index in [4.69, 9.17) is 0 Å². The normalized spacial score (nSPS) is 16.6. The van der Waals surface area contributed by atoms with Crippen molar-refractivity contribution in [2.45, 2.75) is 31.8 Å². The second-order valence-electron chi connectivity index (χ2n) is 8.20. The molecule has 2 aromatic rings. The van der Waals surface area contributed by atoms with Crippen LogP contribution in [0.2, 0.25) is 0 Å². The lowest BCUT2D eigenvalue weighted by Gasteiger charge is -2.30. The van der Waals surface area contributed by atoms with Gasteiger partial charge in [-0.15, -0.1) is 0 Å². The number of aliphatic hydroxyl groups is 1. The maximum absolute atomic E-state index is 12.8. The molecule has 1 N–H and O–H groups in total. The summed E-state index contributed by atoms with van der Waals surface area (Å²) in [5.74, 6) is -0.248. The number of carbonyl (C=O) groups excluding carboxylic acids is 2. The SMILES string of the molecule is O=C(CC(O)CC(=O)N1CCC=C(c2ccncc2)C1)N1CCC=C(c2ccncc2)C1. The number of rotatable bonds is 6. The number of hydrogen-bond acceptors (Lipinski definition) is 5. The predicted octanol–water partition coefficient (Wildman–Crippen LogP) is 2.55. The highest BCUT2D eigenvalue weighted by atomic mass is 16.3. The van der Waals surface area contributed by atoms with E-state index in [1.165, 1.54) is 0 Å². The van der Waals surface area contributed by atoms with Crippen molar-refractivity contribution in [2.24, 2.45) is 0 Å². The monoisotopic (exact) mass is 432 g/mol. The first-order valence-corrected chi connectivity index (χ1v) is 11.0. The molecule has 0 fully saturated rings. The molecule has 0 unspecified atom stereocenters. The van der Waals surface area contributed by atoms with Gasteiger partial charge in [0.2, 0.25) is 11.8 Å². The Morgan fingerprint density at radius 1 is 0.781 bits per heavy atom. The Kier molecular flexibility index (Phi) is 7.07. The van der Waals surface area contributed by atoms with Crippen LogP contribution in [0.25, 0.3) is 11.1 Å². The van der Waals surface area contributed by atoms with Crippen LogP contribution in [0.3, 0.4) is 0 Å². The molecule has 4 heterocycles. The van der Waals surface area contributed by atoms with Crippen LogP contribution < -0.4 is 0 Å². The molecule has 2 aromatic heterocycles. The van der Waals surface area contributed by atoms with E-state index in [1.807, 2.05) is 24.3 Å². The average Bonchev–Trinajstić information content (AvgIpc) is 2.85. The molecular formula is C25H28N4O3. The average molecular weight is 433 g/mol. The summed E-state index contributed by atoms with van der Waals surface area (Å²) in [6.45, 7) is 2.27. The molecule has 0 bridgehead atoms. The van der Waals surface area contributed by atoms with Crippen molar-refractivity contribution in [3.63, 3.8) is 0 Å². The van der Waals surface area contributed by atoms with E-state index in [-0.39, 0.29) is 24.7 Å². The Morgan fingerprint density at radius 2 is 1.19 bits per heavy atom. The van der Waals surface area contributed by atoms with E-state index in [2.05, 4.69) is 22.1 Å². The Bertz CT molecular complexity index is 923. The number of pyridine rings is 2. The summed E-state index contributed by atoms with van der Waals surface area (Å²) >= 11 is 0. The summed E-state index contributed by atoms with van der Waals surface area (Å²) in [5, 5.41) is 10.5. The first-order chi connectivity index (χ1) is 15.6. The third-order valence-electron chi connectivity index (χ3n) is 5.93. The molecule has 0 aliphatic carbocycles. The first kappa shape index (κ1) is 21.9. The summed E-state index contributed by atoms with van der Waals surface area (Å²) < 4.78 is 0. The Hall–Kier alpha value is -3.32. The van der Waals surface area contributed by atoms with Gasteiger partial charge in [-0.25, -0.2) is 0 Å². The van der Waals surface area contributed by atoms with Crippen molar-refractivity contribution in [1.29, 1.82) is 0 Å². The van der Waals surface area contributed by atoms with Crippen molar-refractivity contribution in [2.75, 3.05) is 26.2 Å². The van der Waals surface area contributed by atoms with E-state index >= 15 is 0 Å². The zero-order valence-electron chi connectivity index (χ0n) is 18.1. The van der Waals surface area contributed by atoms with E-state index in [0.29, 0.717) is 26.2 Å². The van der Waals surface area contributed by atoms with Crippen LogP contribution in [0.15, 0.2) is 61.2 Å². The van der Waals surface area contributed by atoms with E-state index in [1.54, 1.807) is 34.6 Å². The van der Waals surface area contributed by atoms with Gasteiger partial charge in [0.25, 0.3) is 0 Å². The number of carbonyl (C=O) groups is 2. The molecule has 7 heteroatoms. The van der Waals surface area contributed by atoms with Crippen LogP contribution >= 0.6 is 0 Å². The van der Waals surface area contributed by atoms with Gasteiger partial charge in [0.05, 0.1) is 18.9 Å². The molecule has 4 rings (SSSR count). The van der Waals surface area contributed by atoms with Crippen LogP contribution in [-0.2, 0) is 9.59 Å². The van der Waals surface area contributed by atoms with Gasteiger partial charge >= 0.3 is 0 Å². The standard InChI is InChI=1S/C25H28N4O3/c30-23(15-24(31)28-13-1-3-21(17-28)19-5-9-26-10-6-19)16-25(32)29-14-2-4-22(18-29)20-7-11-27-12-8-20/h3-12,23,30H,1-2,13-18H2. The number of aliphatic hydroxyl groups excluding tert-OH is 1. The number of aromatic nitrogens is 2. The van der Waals surface area contributed by atoms with Gasteiger partial charge < -0.3 is 14.9 Å². The minimum Gasteiger partial charge on any atom is -0.392 e. The van der Waals surface area contributed by atoms with Gasteiger partial charge in [0.1, 0.15) is 0 Å². The third-order valence-corrected chi connectivity index (χ3v) is 5.93. The Balaban J connectivity index is 1.28. The molecule has 7 nitrogen and oxygen atoms in total. The molecule has 32 heavy (non-hydrogen) atoms. The van der Waals surface area contributed by atoms with E-state index in [0.717, 1.165) is 35.1 Å². The lowest BCUT2D eigenvalue weighted by Crippen LogP contribution is -2.40. The molecule has 0 radical (unpaired) electrons. The zero-order chi connectivity index (χ0) is 22.3. The van der Waals surface area contributed by atoms with Crippen molar-refractivity contribution in [3.8, 4) is 0 Å². The summed E-state index contributed by atoms with van der Waals surface area (Å²) in [6, 6.07) is 7.72. The molecule has 166 valence electrons. The van der Waals surface area contributed by atoms with Crippen molar-refractivity contribution in [1.82, 2.24) is 19.8 Å². The third kappa shape index (κ3) is 5.48. The molecule has 2 aliphatic heterocycles. The molecule has 0 saturated heterocycles.